The fourth-order valence-corrected chi connectivity index (χ4v) is 4.92. The third kappa shape index (κ3) is 5.55. The number of carbonyl (C=O) groups excluding carboxylic acids is 1. The number of sulfonamides is 1. The summed E-state index contributed by atoms with van der Waals surface area (Å²) in [7, 11) is 0.389. The zero-order valence-electron chi connectivity index (χ0n) is 20.4. The number of hydrogen-bond acceptors (Lipinski definition) is 5. The molecule has 35 heavy (non-hydrogen) atoms. The van der Waals surface area contributed by atoms with Crippen molar-refractivity contribution in [3.05, 3.63) is 89.5 Å². The van der Waals surface area contributed by atoms with E-state index in [1.54, 1.807) is 12.1 Å². The fourth-order valence-electron chi connectivity index (χ4n) is 4.00. The first kappa shape index (κ1) is 24.5. The summed E-state index contributed by atoms with van der Waals surface area (Å²) in [5, 5.41) is 6.37. The molecule has 8 heteroatoms. The van der Waals surface area contributed by atoms with Crippen molar-refractivity contribution in [1.29, 1.82) is 0 Å². The Bertz CT molecular complexity index is 1360. The number of likely N-dealkylation sites (N-methyl/N-ethyl adjacent to an activating group) is 1. The highest BCUT2D eigenvalue weighted by Crippen LogP contribution is 2.37. The van der Waals surface area contributed by atoms with Crippen LogP contribution in [0.5, 0.6) is 0 Å². The largest absolute Gasteiger partial charge is 0.354 e. The molecule has 0 unspecified atom stereocenters. The topological polar surface area (TPSA) is 81.8 Å². The summed E-state index contributed by atoms with van der Waals surface area (Å²) in [6.45, 7) is 2.98. The maximum Gasteiger partial charge on any atom is 0.258 e. The summed E-state index contributed by atoms with van der Waals surface area (Å²) in [5.41, 5.74) is 6.21. The van der Waals surface area contributed by atoms with Gasteiger partial charge in [0.25, 0.3) is 5.91 Å². The smallest absolute Gasteiger partial charge is 0.258 e. The average molecular weight is 491 g/mol. The van der Waals surface area contributed by atoms with E-state index in [2.05, 4.69) is 10.6 Å². The Morgan fingerprint density at radius 2 is 1.57 bits per heavy atom. The molecule has 2 N–H and O–H groups in total. The Morgan fingerprint density at radius 3 is 2.20 bits per heavy atom. The van der Waals surface area contributed by atoms with Crippen LogP contribution in [0.1, 0.15) is 16.7 Å². The predicted octanol–water partition coefficient (Wildman–Crippen LogP) is 4.26. The van der Waals surface area contributed by atoms with Gasteiger partial charge in [0.15, 0.2) is 0 Å². The summed E-state index contributed by atoms with van der Waals surface area (Å²) in [6, 6.07) is 22.8. The van der Waals surface area contributed by atoms with Crippen molar-refractivity contribution in [2.45, 2.75) is 6.92 Å². The number of fused-ring (bicyclic) bond motifs is 1. The van der Waals surface area contributed by atoms with Gasteiger partial charge >= 0.3 is 0 Å². The Balaban J connectivity index is 1.72. The second-order valence-corrected chi connectivity index (χ2v) is 10.8. The molecule has 0 radical (unpaired) electrons. The van der Waals surface area contributed by atoms with Gasteiger partial charge < -0.3 is 15.5 Å². The second-order valence-electron chi connectivity index (χ2n) is 8.93. The SMILES string of the molecule is Cc1ccc(C(Nc2ccc(N(CCN(C)C)S(C)(=O)=O)cc2)=C2C(=O)Nc3ccccc32)cc1. The zero-order valence-corrected chi connectivity index (χ0v) is 21.2. The molecule has 0 aliphatic carbocycles. The van der Waals surface area contributed by atoms with Crippen LogP contribution in [-0.2, 0) is 14.8 Å². The molecular formula is C27H30N4O3S. The average Bonchev–Trinajstić information content (AvgIpc) is 3.13. The van der Waals surface area contributed by atoms with E-state index < -0.39 is 10.0 Å². The van der Waals surface area contributed by atoms with Crippen molar-refractivity contribution in [1.82, 2.24) is 4.90 Å². The second kappa shape index (κ2) is 9.93. The van der Waals surface area contributed by atoms with E-state index in [1.165, 1.54) is 10.6 Å². The molecule has 0 saturated heterocycles. The summed E-state index contributed by atoms with van der Waals surface area (Å²) < 4.78 is 26.2. The van der Waals surface area contributed by atoms with Gasteiger partial charge in [0.1, 0.15) is 0 Å². The predicted molar refractivity (Wildman–Crippen MR) is 144 cm³/mol. The molecule has 0 atom stereocenters. The van der Waals surface area contributed by atoms with Crippen molar-refractivity contribution < 1.29 is 13.2 Å². The van der Waals surface area contributed by atoms with Crippen molar-refractivity contribution >= 4 is 44.3 Å². The highest BCUT2D eigenvalue weighted by atomic mass is 32.2. The minimum atomic E-state index is -3.43. The number of para-hydroxylation sites is 1. The van der Waals surface area contributed by atoms with E-state index in [9.17, 15) is 13.2 Å². The van der Waals surface area contributed by atoms with Crippen LogP contribution in [0.15, 0.2) is 72.8 Å². The molecule has 0 fully saturated rings. The van der Waals surface area contributed by atoms with Crippen molar-refractivity contribution in [3.63, 3.8) is 0 Å². The van der Waals surface area contributed by atoms with Crippen LogP contribution < -0.4 is 14.9 Å². The number of carbonyl (C=O) groups is 1. The Kier molecular flexibility index (Phi) is 6.95. The van der Waals surface area contributed by atoms with Crippen molar-refractivity contribution in [2.75, 3.05) is 48.4 Å². The minimum absolute atomic E-state index is 0.169. The molecule has 3 aromatic carbocycles. The first-order chi connectivity index (χ1) is 16.6. The van der Waals surface area contributed by atoms with Crippen LogP contribution in [0.4, 0.5) is 17.1 Å². The number of anilines is 3. The van der Waals surface area contributed by atoms with Gasteiger partial charge in [-0.25, -0.2) is 8.42 Å². The number of hydrogen-bond donors (Lipinski definition) is 2. The Labute approximate surface area is 207 Å². The quantitative estimate of drug-likeness (QED) is 0.461. The van der Waals surface area contributed by atoms with Gasteiger partial charge in [-0.3, -0.25) is 9.10 Å². The maximum absolute atomic E-state index is 13.0. The monoisotopic (exact) mass is 490 g/mol. The van der Waals surface area contributed by atoms with Crippen LogP contribution in [0.2, 0.25) is 0 Å². The number of nitrogens with zero attached hydrogens (tertiary/aromatic N) is 2. The maximum atomic E-state index is 13.0. The first-order valence-electron chi connectivity index (χ1n) is 11.3. The third-order valence-electron chi connectivity index (χ3n) is 5.84. The third-order valence-corrected chi connectivity index (χ3v) is 7.03. The lowest BCUT2D eigenvalue weighted by atomic mass is 9.99. The molecule has 182 valence electrons. The molecule has 0 aromatic heterocycles. The molecule has 4 rings (SSSR count). The fraction of sp³-hybridized carbons (Fsp3) is 0.222. The zero-order chi connectivity index (χ0) is 25.2. The number of amides is 1. The molecule has 0 spiro atoms. The van der Waals surface area contributed by atoms with Crippen LogP contribution in [-0.4, -0.2) is 52.7 Å². The molecule has 3 aromatic rings. The van der Waals surface area contributed by atoms with E-state index in [1.807, 2.05) is 86.6 Å². The first-order valence-corrected chi connectivity index (χ1v) is 13.2. The Morgan fingerprint density at radius 1 is 0.914 bits per heavy atom. The van der Waals surface area contributed by atoms with Gasteiger partial charge in [-0.05, 0) is 56.9 Å². The lowest BCUT2D eigenvalue weighted by Gasteiger charge is -2.24. The Hall–Kier alpha value is -3.62. The van der Waals surface area contributed by atoms with E-state index in [4.69, 9.17) is 0 Å². The molecule has 1 aliphatic heterocycles. The summed E-state index contributed by atoms with van der Waals surface area (Å²) in [5.74, 6) is -0.169. The molecule has 7 nitrogen and oxygen atoms in total. The van der Waals surface area contributed by atoms with Crippen molar-refractivity contribution in [2.24, 2.45) is 0 Å². The lowest BCUT2D eigenvalue weighted by molar-refractivity contribution is -0.110. The molecule has 1 heterocycles. The number of rotatable bonds is 8. The van der Waals surface area contributed by atoms with Gasteiger partial charge in [-0.2, -0.15) is 0 Å². The van der Waals surface area contributed by atoms with E-state index in [0.717, 1.165) is 28.1 Å². The molecular weight excluding hydrogens is 460 g/mol. The lowest BCUT2D eigenvalue weighted by Crippen LogP contribution is -2.35. The minimum Gasteiger partial charge on any atom is -0.354 e. The van der Waals surface area contributed by atoms with E-state index in [0.29, 0.717) is 30.0 Å². The standard InChI is InChI=1S/C27H30N4O3S/c1-19-9-11-20(12-10-19)26(25-23-7-5-6-8-24(23)29-27(25)32)28-21-13-15-22(16-14-21)31(35(4,33)34)18-17-30(2)3/h5-16,28H,17-18H2,1-4H3,(H,29,32). The van der Waals surface area contributed by atoms with Crippen LogP contribution in [0, 0.1) is 6.92 Å². The van der Waals surface area contributed by atoms with Crippen LogP contribution >= 0.6 is 0 Å². The highest BCUT2D eigenvalue weighted by Gasteiger charge is 2.28. The van der Waals surface area contributed by atoms with E-state index in [-0.39, 0.29) is 5.91 Å². The van der Waals surface area contributed by atoms with Crippen molar-refractivity contribution in [3.8, 4) is 0 Å². The van der Waals surface area contributed by atoms with Crippen LogP contribution in [0.25, 0.3) is 11.3 Å². The van der Waals surface area contributed by atoms with Gasteiger partial charge in [0.2, 0.25) is 10.0 Å². The summed E-state index contributed by atoms with van der Waals surface area (Å²) >= 11 is 0. The molecule has 0 saturated carbocycles. The number of nitrogens with one attached hydrogen (secondary N) is 2. The van der Waals surface area contributed by atoms with Gasteiger partial charge in [0.05, 0.1) is 23.2 Å². The highest BCUT2D eigenvalue weighted by molar-refractivity contribution is 7.92. The van der Waals surface area contributed by atoms with E-state index >= 15 is 0 Å². The number of benzene rings is 3. The van der Waals surface area contributed by atoms with Gasteiger partial charge in [-0.1, -0.05) is 48.0 Å². The van der Waals surface area contributed by atoms with Crippen LogP contribution in [0.3, 0.4) is 0 Å². The number of aryl methyl sites for hydroxylation is 1. The summed E-state index contributed by atoms with van der Waals surface area (Å²) in [6.07, 6.45) is 1.21. The van der Waals surface area contributed by atoms with Gasteiger partial charge in [-0.15, -0.1) is 0 Å². The molecule has 1 aliphatic rings. The normalized spacial score (nSPS) is 14.5. The summed E-state index contributed by atoms with van der Waals surface area (Å²) in [4.78, 5) is 14.9. The molecule has 0 bridgehead atoms. The molecule has 1 amide bonds. The van der Waals surface area contributed by atoms with Gasteiger partial charge in [0, 0.05) is 30.0 Å².